The molecule has 4 heteroatoms. The molecule has 0 saturated carbocycles. The molecule has 1 aromatic heterocycles. The lowest BCUT2D eigenvalue weighted by Crippen LogP contribution is -2.40. The fourth-order valence-corrected chi connectivity index (χ4v) is 3.92. The molecule has 0 atom stereocenters. The van der Waals surface area contributed by atoms with Gasteiger partial charge in [0.1, 0.15) is 11.5 Å². The molecule has 1 aromatic carbocycles. The number of ketones is 1. The number of nitrogens with zero attached hydrogens (tertiary/aromatic N) is 1. The molecule has 1 saturated heterocycles. The molecule has 0 unspecified atom stereocenters. The Morgan fingerprint density at radius 1 is 1.00 bits per heavy atom. The lowest BCUT2D eigenvalue weighted by molar-refractivity contribution is 0.0648. The summed E-state index contributed by atoms with van der Waals surface area (Å²) in [5.41, 5.74) is 4.62. The summed E-state index contributed by atoms with van der Waals surface area (Å²) in [4.78, 5) is 27.6. The number of Topliss-reactive ketones (excluding diaryl/α,β-unsaturated/α-hetero) is 1. The Balaban J connectivity index is 1.69. The molecule has 1 aliphatic rings. The van der Waals surface area contributed by atoms with Crippen LogP contribution in [0, 0.1) is 40.5 Å². The Kier molecular flexibility index (Phi) is 5.03. The third kappa shape index (κ3) is 3.33. The fourth-order valence-electron chi connectivity index (χ4n) is 3.92. The third-order valence-corrected chi connectivity index (χ3v) is 5.58. The molecular weight excluding hydrogens is 326 g/mol. The summed E-state index contributed by atoms with van der Waals surface area (Å²) >= 11 is 0. The van der Waals surface area contributed by atoms with E-state index in [1.165, 1.54) is 5.56 Å². The first-order valence-electron chi connectivity index (χ1n) is 9.27. The maximum absolute atomic E-state index is 12.9. The summed E-state index contributed by atoms with van der Waals surface area (Å²) in [7, 11) is 0. The number of likely N-dealkylation sites (tertiary alicyclic amines) is 1. The molecule has 138 valence electrons. The predicted molar refractivity (Wildman–Crippen MR) is 102 cm³/mol. The molecule has 3 rings (SSSR count). The average Bonchev–Trinajstić information content (AvgIpc) is 2.86. The van der Waals surface area contributed by atoms with Gasteiger partial charge in [0, 0.05) is 30.1 Å². The van der Waals surface area contributed by atoms with E-state index in [0.717, 1.165) is 22.5 Å². The van der Waals surface area contributed by atoms with Crippen molar-refractivity contribution in [3.63, 3.8) is 0 Å². The van der Waals surface area contributed by atoms with Crippen LogP contribution < -0.4 is 0 Å². The molecule has 0 spiro atoms. The minimum atomic E-state index is -0.00580. The molecule has 1 amide bonds. The number of benzene rings is 1. The Morgan fingerprint density at radius 2 is 1.65 bits per heavy atom. The fraction of sp³-hybridized carbons (Fsp3) is 0.455. The summed E-state index contributed by atoms with van der Waals surface area (Å²) in [6, 6.07) is 5.98. The smallest absolute Gasteiger partial charge is 0.257 e. The van der Waals surface area contributed by atoms with Crippen molar-refractivity contribution in [3.05, 3.63) is 57.5 Å². The number of amides is 1. The quantitative estimate of drug-likeness (QED) is 0.760. The monoisotopic (exact) mass is 353 g/mol. The predicted octanol–water partition coefficient (Wildman–Crippen LogP) is 4.56. The highest BCUT2D eigenvalue weighted by Gasteiger charge is 2.31. The maximum atomic E-state index is 12.9. The van der Waals surface area contributed by atoms with Crippen molar-refractivity contribution < 1.29 is 14.0 Å². The van der Waals surface area contributed by atoms with Gasteiger partial charge in [0.25, 0.3) is 5.91 Å². The highest BCUT2D eigenvalue weighted by molar-refractivity contribution is 6.00. The van der Waals surface area contributed by atoms with Crippen molar-refractivity contribution in [2.75, 3.05) is 13.1 Å². The summed E-state index contributed by atoms with van der Waals surface area (Å²) in [6.45, 7) is 10.9. The normalized spacial score (nSPS) is 15.3. The molecule has 26 heavy (non-hydrogen) atoms. The molecule has 2 heterocycles. The molecule has 2 aromatic rings. The number of piperidine rings is 1. The van der Waals surface area contributed by atoms with E-state index in [4.69, 9.17) is 4.42 Å². The van der Waals surface area contributed by atoms with Crippen molar-refractivity contribution in [1.82, 2.24) is 4.90 Å². The second kappa shape index (κ2) is 7.10. The number of rotatable bonds is 3. The first-order chi connectivity index (χ1) is 12.3. The first-order valence-corrected chi connectivity index (χ1v) is 9.27. The molecule has 1 aliphatic heterocycles. The standard InChI is InChI=1S/C22H27NO3/c1-13-6-7-19(14(2)12-13)21(24)18-8-10-23(11-9-18)22(25)20-15(3)16(4)26-17(20)5/h6-7,12,18H,8-11H2,1-5H3. The lowest BCUT2D eigenvalue weighted by Gasteiger charge is -2.31. The highest BCUT2D eigenvalue weighted by atomic mass is 16.3. The van der Waals surface area contributed by atoms with Crippen LogP contribution in [0.15, 0.2) is 22.6 Å². The zero-order valence-corrected chi connectivity index (χ0v) is 16.3. The molecule has 4 nitrogen and oxygen atoms in total. The van der Waals surface area contributed by atoms with Gasteiger partial charge in [0.2, 0.25) is 0 Å². The van der Waals surface area contributed by atoms with E-state index >= 15 is 0 Å². The van der Waals surface area contributed by atoms with Gasteiger partial charge in [-0.15, -0.1) is 0 Å². The SMILES string of the molecule is Cc1ccc(C(=O)C2CCN(C(=O)c3c(C)oc(C)c3C)CC2)c(C)c1. The lowest BCUT2D eigenvalue weighted by atomic mass is 9.86. The van der Waals surface area contributed by atoms with E-state index in [2.05, 4.69) is 6.07 Å². The molecule has 0 aliphatic carbocycles. The van der Waals surface area contributed by atoms with Crippen molar-refractivity contribution in [1.29, 1.82) is 0 Å². The number of hydrogen-bond acceptors (Lipinski definition) is 3. The number of aryl methyl sites for hydroxylation is 4. The van der Waals surface area contributed by atoms with Gasteiger partial charge in [0.05, 0.1) is 5.56 Å². The molecular formula is C22H27NO3. The van der Waals surface area contributed by atoms with Gasteiger partial charge >= 0.3 is 0 Å². The minimum absolute atomic E-state index is 0.00580. The first kappa shape index (κ1) is 18.4. The van der Waals surface area contributed by atoms with Crippen LogP contribution in [0.1, 0.15) is 61.8 Å². The highest BCUT2D eigenvalue weighted by Crippen LogP contribution is 2.27. The Morgan fingerprint density at radius 3 is 2.19 bits per heavy atom. The molecule has 1 fully saturated rings. The van der Waals surface area contributed by atoms with E-state index in [9.17, 15) is 9.59 Å². The van der Waals surface area contributed by atoms with Gasteiger partial charge < -0.3 is 9.32 Å². The van der Waals surface area contributed by atoms with Crippen LogP contribution in [0.2, 0.25) is 0 Å². The van der Waals surface area contributed by atoms with Crippen LogP contribution in [-0.2, 0) is 0 Å². The van der Waals surface area contributed by atoms with Crippen LogP contribution in [0.25, 0.3) is 0 Å². The summed E-state index contributed by atoms with van der Waals surface area (Å²) in [6.07, 6.45) is 1.43. The number of carbonyl (C=O) groups excluding carboxylic acids is 2. The Bertz CT molecular complexity index is 855. The van der Waals surface area contributed by atoms with E-state index in [1.807, 2.05) is 51.7 Å². The Hall–Kier alpha value is -2.36. The second-order valence-electron chi connectivity index (χ2n) is 7.46. The second-order valence-corrected chi connectivity index (χ2v) is 7.46. The summed E-state index contributed by atoms with van der Waals surface area (Å²) in [5, 5.41) is 0. The van der Waals surface area contributed by atoms with E-state index in [-0.39, 0.29) is 17.6 Å². The zero-order chi connectivity index (χ0) is 19.0. The number of carbonyl (C=O) groups is 2. The topological polar surface area (TPSA) is 50.5 Å². The van der Waals surface area contributed by atoms with Crippen LogP contribution in [0.4, 0.5) is 0 Å². The Labute approximate surface area is 155 Å². The van der Waals surface area contributed by atoms with E-state index in [1.54, 1.807) is 0 Å². The van der Waals surface area contributed by atoms with Gasteiger partial charge in [-0.3, -0.25) is 9.59 Å². The van der Waals surface area contributed by atoms with Crippen LogP contribution in [0.3, 0.4) is 0 Å². The van der Waals surface area contributed by atoms with Gasteiger partial charge in [-0.1, -0.05) is 23.8 Å². The zero-order valence-electron chi connectivity index (χ0n) is 16.3. The van der Waals surface area contributed by atoms with Crippen LogP contribution in [-0.4, -0.2) is 29.7 Å². The third-order valence-electron chi connectivity index (χ3n) is 5.58. The van der Waals surface area contributed by atoms with Crippen molar-refractivity contribution >= 4 is 11.7 Å². The number of furan rings is 1. The largest absolute Gasteiger partial charge is 0.466 e. The van der Waals surface area contributed by atoms with Gasteiger partial charge in [-0.05, 0) is 53.0 Å². The number of hydrogen-bond donors (Lipinski definition) is 0. The van der Waals surface area contributed by atoms with Crippen LogP contribution >= 0.6 is 0 Å². The van der Waals surface area contributed by atoms with Gasteiger partial charge in [-0.2, -0.15) is 0 Å². The van der Waals surface area contributed by atoms with Gasteiger partial charge in [-0.25, -0.2) is 0 Å². The van der Waals surface area contributed by atoms with Crippen LogP contribution in [0.5, 0.6) is 0 Å². The average molecular weight is 353 g/mol. The molecule has 0 N–H and O–H groups in total. The van der Waals surface area contributed by atoms with E-state index < -0.39 is 0 Å². The minimum Gasteiger partial charge on any atom is -0.466 e. The van der Waals surface area contributed by atoms with Crippen molar-refractivity contribution in [2.45, 2.75) is 47.5 Å². The van der Waals surface area contributed by atoms with Crippen molar-refractivity contribution in [3.8, 4) is 0 Å². The summed E-state index contributed by atoms with van der Waals surface area (Å²) in [5.74, 6) is 1.70. The molecule has 0 radical (unpaired) electrons. The summed E-state index contributed by atoms with van der Waals surface area (Å²) < 4.78 is 5.60. The van der Waals surface area contributed by atoms with Crippen molar-refractivity contribution in [2.24, 2.45) is 5.92 Å². The maximum Gasteiger partial charge on any atom is 0.257 e. The van der Waals surface area contributed by atoms with Gasteiger partial charge in [0.15, 0.2) is 5.78 Å². The molecule has 0 bridgehead atoms. The van der Waals surface area contributed by atoms with E-state index in [0.29, 0.717) is 37.3 Å².